The monoisotopic (exact) mass is 542 g/mol. The van der Waals surface area contributed by atoms with Crippen LogP contribution in [0, 0.1) is 11.3 Å². The SMILES string of the molecule is COc1ccc(CN(C)Cc2ccc(C3=NN4C(C(=O)c5ccc(C#N)cc5)Oc5ccccc5C4C3)cc2)cc1. The molecule has 6 rings (SSSR count). The summed E-state index contributed by atoms with van der Waals surface area (Å²) in [5.74, 6) is 1.37. The molecule has 0 N–H and O–H groups in total. The van der Waals surface area contributed by atoms with Crippen LogP contribution in [0.25, 0.3) is 0 Å². The van der Waals surface area contributed by atoms with E-state index >= 15 is 0 Å². The number of carbonyl (C=O) groups is 1. The number of ether oxygens (including phenoxy) is 2. The molecule has 0 aromatic heterocycles. The van der Waals surface area contributed by atoms with Gasteiger partial charge in [-0.15, -0.1) is 0 Å². The third kappa shape index (κ3) is 5.43. The molecule has 0 radical (unpaired) electrons. The summed E-state index contributed by atoms with van der Waals surface area (Å²) >= 11 is 0. The van der Waals surface area contributed by atoms with Crippen molar-refractivity contribution < 1.29 is 14.3 Å². The van der Waals surface area contributed by atoms with E-state index in [1.165, 1.54) is 11.1 Å². The second-order valence-corrected chi connectivity index (χ2v) is 10.4. The molecule has 2 heterocycles. The molecule has 0 aliphatic carbocycles. The third-order valence-electron chi connectivity index (χ3n) is 7.57. The Morgan fingerprint density at radius 2 is 1.63 bits per heavy atom. The number of nitriles is 1. The molecule has 2 atom stereocenters. The maximum absolute atomic E-state index is 13.6. The van der Waals surface area contributed by atoms with Crippen LogP contribution in [-0.2, 0) is 13.1 Å². The molecule has 7 heteroatoms. The number of hydrogen-bond acceptors (Lipinski definition) is 7. The Hall–Kier alpha value is -4.93. The molecule has 4 aromatic carbocycles. The van der Waals surface area contributed by atoms with Crippen molar-refractivity contribution in [2.75, 3.05) is 14.2 Å². The maximum atomic E-state index is 13.6. The Labute approximate surface area is 239 Å². The predicted molar refractivity (Wildman–Crippen MR) is 157 cm³/mol. The molecule has 0 saturated heterocycles. The summed E-state index contributed by atoms with van der Waals surface area (Å²) in [6, 6.07) is 33.1. The van der Waals surface area contributed by atoms with Crippen LogP contribution in [0.4, 0.5) is 0 Å². The molecule has 2 unspecified atom stereocenters. The van der Waals surface area contributed by atoms with E-state index in [9.17, 15) is 4.79 Å². The molecule has 0 spiro atoms. The molecular weight excluding hydrogens is 512 g/mol. The minimum atomic E-state index is -0.883. The summed E-state index contributed by atoms with van der Waals surface area (Å²) in [7, 11) is 3.79. The molecule has 0 saturated carbocycles. The number of carbonyl (C=O) groups excluding carboxylic acids is 1. The van der Waals surface area contributed by atoms with Gasteiger partial charge in [0.1, 0.15) is 11.5 Å². The number of Topliss-reactive ketones (excluding diaryl/α,β-unsaturated/α-hetero) is 1. The first-order valence-corrected chi connectivity index (χ1v) is 13.6. The predicted octanol–water partition coefficient (Wildman–Crippen LogP) is 5.95. The van der Waals surface area contributed by atoms with Crippen LogP contribution in [0.15, 0.2) is 102 Å². The lowest BCUT2D eigenvalue weighted by atomic mass is 9.95. The minimum Gasteiger partial charge on any atom is -0.497 e. The summed E-state index contributed by atoms with van der Waals surface area (Å²) in [6.45, 7) is 1.65. The van der Waals surface area contributed by atoms with E-state index in [1.54, 1.807) is 36.4 Å². The lowest BCUT2D eigenvalue weighted by molar-refractivity contribution is -0.00455. The molecule has 0 fully saturated rings. The van der Waals surface area contributed by atoms with Crippen LogP contribution in [0.1, 0.15) is 50.6 Å². The minimum absolute atomic E-state index is 0.0995. The fourth-order valence-corrected chi connectivity index (χ4v) is 5.45. The van der Waals surface area contributed by atoms with E-state index in [0.29, 0.717) is 23.3 Å². The van der Waals surface area contributed by atoms with Gasteiger partial charge in [0.15, 0.2) is 0 Å². The maximum Gasteiger partial charge on any atom is 0.251 e. The molecule has 2 aliphatic rings. The average molecular weight is 543 g/mol. The first-order chi connectivity index (χ1) is 20.0. The van der Waals surface area contributed by atoms with Gasteiger partial charge in [-0.25, -0.2) is 5.01 Å². The van der Waals surface area contributed by atoms with E-state index in [1.807, 2.05) is 36.4 Å². The average Bonchev–Trinajstić information content (AvgIpc) is 3.47. The fraction of sp³-hybridized carbons (Fsp3) is 0.206. The standard InChI is InChI=1S/C34H30N4O3/c1-37(22-25-11-17-28(40-2)18-12-25)21-24-9-13-26(14-10-24)30-19-31-29-5-3-4-6-32(29)41-34(38(31)36-30)33(39)27-15-7-23(20-35)8-16-27/h3-18,31,34H,19,21-22H2,1-2H3. The Kier molecular flexibility index (Phi) is 7.24. The van der Waals surface area contributed by atoms with Gasteiger partial charge in [0, 0.05) is 30.6 Å². The second kappa shape index (κ2) is 11.3. The first-order valence-electron chi connectivity index (χ1n) is 13.6. The number of methoxy groups -OCH3 is 1. The van der Waals surface area contributed by atoms with Gasteiger partial charge in [-0.1, -0.05) is 54.6 Å². The van der Waals surface area contributed by atoms with Gasteiger partial charge < -0.3 is 9.47 Å². The summed E-state index contributed by atoms with van der Waals surface area (Å²) < 4.78 is 11.5. The van der Waals surface area contributed by atoms with Crippen LogP contribution in [0.5, 0.6) is 11.5 Å². The van der Waals surface area contributed by atoms with Gasteiger partial charge in [0.05, 0.1) is 30.5 Å². The molecule has 4 aromatic rings. The number of benzene rings is 4. The molecule has 0 amide bonds. The van der Waals surface area contributed by atoms with Crippen molar-refractivity contribution in [1.82, 2.24) is 9.91 Å². The van der Waals surface area contributed by atoms with Crippen LogP contribution in [0.2, 0.25) is 0 Å². The van der Waals surface area contributed by atoms with Crippen LogP contribution in [0.3, 0.4) is 0 Å². The zero-order valence-corrected chi connectivity index (χ0v) is 23.0. The Morgan fingerprint density at radius 1 is 0.976 bits per heavy atom. The van der Waals surface area contributed by atoms with Gasteiger partial charge >= 0.3 is 0 Å². The van der Waals surface area contributed by atoms with Crippen LogP contribution in [-0.4, -0.2) is 41.8 Å². The summed E-state index contributed by atoms with van der Waals surface area (Å²) in [5.41, 5.74) is 6.41. The van der Waals surface area contributed by atoms with Gasteiger partial charge in [-0.2, -0.15) is 10.4 Å². The molecular formula is C34H30N4O3. The van der Waals surface area contributed by atoms with Crippen molar-refractivity contribution in [2.24, 2.45) is 5.10 Å². The number of para-hydroxylation sites is 1. The van der Waals surface area contributed by atoms with Gasteiger partial charge in [-0.3, -0.25) is 9.69 Å². The normalized spacial score (nSPS) is 17.2. The molecule has 7 nitrogen and oxygen atoms in total. The summed E-state index contributed by atoms with van der Waals surface area (Å²) in [5, 5.41) is 15.9. The number of rotatable bonds is 8. The molecule has 204 valence electrons. The highest BCUT2D eigenvalue weighted by Gasteiger charge is 2.43. The topological polar surface area (TPSA) is 78.2 Å². The number of nitrogens with zero attached hydrogens (tertiary/aromatic N) is 4. The summed E-state index contributed by atoms with van der Waals surface area (Å²) in [6.07, 6.45) is -0.208. The van der Waals surface area contributed by atoms with Crippen LogP contribution >= 0.6 is 0 Å². The number of hydrazone groups is 1. The largest absolute Gasteiger partial charge is 0.497 e. The fourth-order valence-electron chi connectivity index (χ4n) is 5.45. The lowest BCUT2D eigenvalue weighted by Crippen LogP contribution is -2.45. The van der Waals surface area contributed by atoms with Crippen molar-refractivity contribution in [1.29, 1.82) is 5.26 Å². The smallest absolute Gasteiger partial charge is 0.251 e. The van der Waals surface area contributed by atoms with Gasteiger partial charge in [0.25, 0.3) is 6.23 Å². The molecule has 0 bridgehead atoms. The number of ketones is 1. The van der Waals surface area contributed by atoms with E-state index < -0.39 is 6.23 Å². The third-order valence-corrected chi connectivity index (χ3v) is 7.57. The first kappa shape index (κ1) is 26.3. The lowest BCUT2D eigenvalue weighted by Gasteiger charge is -2.37. The zero-order chi connectivity index (χ0) is 28.3. The highest BCUT2D eigenvalue weighted by Crippen LogP contribution is 2.43. The summed E-state index contributed by atoms with van der Waals surface area (Å²) in [4.78, 5) is 15.9. The second-order valence-electron chi connectivity index (χ2n) is 10.4. The van der Waals surface area contributed by atoms with Gasteiger partial charge in [-0.05, 0) is 66.2 Å². The van der Waals surface area contributed by atoms with E-state index in [2.05, 4.69) is 54.4 Å². The highest BCUT2D eigenvalue weighted by atomic mass is 16.5. The van der Waals surface area contributed by atoms with E-state index in [4.69, 9.17) is 19.8 Å². The quantitative estimate of drug-likeness (QED) is 0.256. The van der Waals surface area contributed by atoms with Crippen LogP contribution < -0.4 is 9.47 Å². The van der Waals surface area contributed by atoms with Gasteiger partial charge in [0.2, 0.25) is 5.78 Å². The van der Waals surface area contributed by atoms with Crippen molar-refractivity contribution >= 4 is 11.5 Å². The van der Waals surface area contributed by atoms with Crippen molar-refractivity contribution in [3.8, 4) is 17.6 Å². The van der Waals surface area contributed by atoms with Crippen molar-refractivity contribution in [2.45, 2.75) is 31.8 Å². The Balaban J connectivity index is 1.20. The molecule has 41 heavy (non-hydrogen) atoms. The number of fused-ring (bicyclic) bond motifs is 3. The van der Waals surface area contributed by atoms with Crippen molar-refractivity contribution in [3.63, 3.8) is 0 Å². The Morgan fingerprint density at radius 3 is 2.29 bits per heavy atom. The number of hydrogen-bond donors (Lipinski definition) is 0. The molecule has 2 aliphatic heterocycles. The van der Waals surface area contributed by atoms with E-state index in [0.717, 1.165) is 35.7 Å². The van der Waals surface area contributed by atoms with Crippen molar-refractivity contribution in [3.05, 3.63) is 130 Å². The van der Waals surface area contributed by atoms with E-state index in [-0.39, 0.29) is 11.8 Å². The Bertz CT molecular complexity index is 1620. The zero-order valence-electron chi connectivity index (χ0n) is 23.0. The highest BCUT2D eigenvalue weighted by molar-refractivity contribution is 6.03.